The standard InChI is InChI=1S/C14H19NO5/c1-11-4-2-6-13(14(11)15(16)17)20-9-8-18-10-12-5-3-7-19-12/h2,4,6,12H,3,5,7-10H2,1H3. The van der Waals surface area contributed by atoms with Crippen LogP contribution < -0.4 is 4.74 Å². The van der Waals surface area contributed by atoms with Crippen LogP contribution in [-0.2, 0) is 9.47 Å². The van der Waals surface area contributed by atoms with Gasteiger partial charge in [-0.15, -0.1) is 0 Å². The first-order valence-electron chi connectivity index (χ1n) is 6.74. The molecule has 0 spiro atoms. The van der Waals surface area contributed by atoms with Gasteiger partial charge in [0, 0.05) is 12.2 Å². The van der Waals surface area contributed by atoms with Crippen molar-refractivity contribution < 1.29 is 19.1 Å². The Morgan fingerprint density at radius 2 is 2.30 bits per heavy atom. The molecule has 0 radical (unpaired) electrons. The fourth-order valence-electron chi connectivity index (χ4n) is 2.18. The highest BCUT2D eigenvalue weighted by atomic mass is 16.6. The lowest BCUT2D eigenvalue weighted by molar-refractivity contribution is -0.386. The van der Waals surface area contributed by atoms with Crippen LogP contribution in [0.15, 0.2) is 18.2 Å². The van der Waals surface area contributed by atoms with E-state index in [0.717, 1.165) is 19.4 Å². The maximum absolute atomic E-state index is 11.0. The van der Waals surface area contributed by atoms with Gasteiger partial charge in [0.05, 0.1) is 24.2 Å². The number of rotatable bonds is 7. The van der Waals surface area contributed by atoms with Crippen LogP contribution in [0.2, 0.25) is 0 Å². The van der Waals surface area contributed by atoms with Crippen LogP contribution >= 0.6 is 0 Å². The van der Waals surface area contributed by atoms with Crippen LogP contribution in [0.4, 0.5) is 5.69 Å². The largest absolute Gasteiger partial charge is 0.484 e. The van der Waals surface area contributed by atoms with Crippen molar-refractivity contribution in [2.75, 3.05) is 26.4 Å². The summed E-state index contributed by atoms with van der Waals surface area (Å²) >= 11 is 0. The van der Waals surface area contributed by atoms with Crippen LogP contribution in [0, 0.1) is 17.0 Å². The van der Waals surface area contributed by atoms with Gasteiger partial charge < -0.3 is 14.2 Å². The van der Waals surface area contributed by atoms with E-state index in [0.29, 0.717) is 18.8 Å². The average molecular weight is 281 g/mol. The van der Waals surface area contributed by atoms with Gasteiger partial charge in [0.2, 0.25) is 0 Å². The highest BCUT2D eigenvalue weighted by molar-refractivity contribution is 5.51. The van der Waals surface area contributed by atoms with Crippen molar-refractivity contribution in [3.05, 3.63) is 33.9 Å². The Balaban J connectivity index is 1.76. The molecule has 1 atom stereocenters. The molecule has 0 saturated carbocycles. The Morgan fingerprint density at radius 3 is 3.00 bits per heavy atom. The van der Waals surface area contributed by atoms with Crippen molar-refractivity contribution in [1.29, 1.82) is 0 Å². The molecule has 0 N–H and O–H groups in total. The van der Waals surface area contributed by atoms with E-state index in [4.69, 9.17) is 14.2 Å². The second-order valence-electron chi connectivity index (χ2n) is 4.74. The molecule has 1 unspecified atom stereocenters. The van der Waals surface area contributed by atoms with E-state index in [1.54, 1.807) is 25.1 Å². The topological polar surface area (TPSA) is 70.8 Å². The Bertz CT molecular complexity index is 457. The molecule has 1 heterocycles. The van der Waals surface area contributed by atoms with Crippen LogP contribution in [0.1, 0.15) is 18.4 Å². The number of nitrogens with zero attached hydrogens (tertiary/aromatic N) is 1. The second kappa shape index (κ2) is 7.21. The van der Waals surface area contributed by atoms with E-state index in [1.807, 2.05) is 0 Å². The van der Waals surface area contributed by atoms with E-state index in [2.05, 4.69) is 0 Å². The third-order valence-electron chi connectivity index (χ3n) is 3.20. The molecule has 110 valence electrons. The molecule has 6 heteroatoms. The summed E-state index contributed by atoms with van der Waals surface area (Å²) in [5, 5.41) is 11.0. The monoisotopic (exact) mass is 281 g/mol. The second-order valence-corrected chi connectivity index (χ2v) is 4.74. The molecule has 0 bridgehead atoms. The number of nitro groups is 1. The minimum Gasteiger partial charge on any atom is -0.484 e. The van der Waals surface area contributed by atoms with Gasteiger partial charge in [0.15, 0.2) is 5.75 Å². The number of ether oxygens (including phenoxy) is 3. The Morgan fingerprint density at radius 1 is 1.45 bits per heavy atom. The first-order valence-corrected chi connectivity index (χ1v) is 6.74. The molecule has 1 aliphatic heterocycles. The summed E-state index contributed by atoms with van der Waals surface area (Å²) in [5.74, 6) is 0.288. The highest BCUT2D eigenvalue weighted by Crippen LogP contribution is 2.29. The molecule has 1 aromatic carbocycles. The summed E-state index contributed by atoms with van der Waals surface area (Å²) in [6, 6.07) is 5.04. The van der Waals surface area contributed by atoms with E-state index >= 15 is 0 Å². The summed E-state index contributed by atoms with van der Waals surface area (Å²) < 4.78 is 16.3. The molecule has 20 heavy (non-hydrogen) atoms. The molecule has 0 amide bonds. The summed E-state index contributed by atoms with van der Waals surface area (Å²) in [6.07, 6.45) is 2.30. The van der Waals surface area contributed by atoms with E-state index in [1.165, 1.54) is 0 Å². The fraction of sp³-hybridized carbons (Fsp3) is 0.571. The van der Waals surface area contributed by atoms with Crippen LogP contribution in [0.25, 0.3) is 0 Å². The predicted octanol–water partition coefficient (Wildman–Crippen LogP) is 2.48. The zero-order chi connectivity index (χ0) is 14.4. The molecule has 1 saturated heterocycles. The Kier molecular flexibility index (Phi) is 5.31. The molecular weight excluding hydrogens is 262 g/mol. The fourth-order valence-corrected chi connectivity index (χ4v) is 2.18. The summed E-state index contributed by atoms with van der Waals surface area (Å²) in [6.45, 7) is 3.74. The smallest absolute Gasteiger partial charge is 0.313 e. The maximum Gasteiger partial charge on any atom is 0.313 e. The van der Waals surface area contributed by atoms with Crippen molar-refractivity contribution in [2.45, 2.75) is 25.9 Å². The Labute approximate surface area is 117 Å². The molecule has 6 nitrogen and oxygen atoms in total. The number of hydrogen-bond donors (Lipinski definition) is 0. The minimum absolute atomic E-state index is 0.0200. The van der Waals surface area contributed by atoms with Gasteiger partial charge in [-0.2, -0.15) is 0 Å². The van der Waals surface area contributed by atoms with E-state index in [-0.39, 0.29) is 24.1 Å². The minimum atomic E-state index is -0.419. The quantitative estimate of drug-likeness (QED) is 0.436. The highest BCUT2D eigenvalue weighted by Gasteiger charge is 2.18. The number of aryl methyl sites for hydroxylation is 1. The normalized spacial score (nSPS) is 18.1. The summed E-state index contributed by atoms with van der Waals surface area (Å²) in [5.41, 5.74) is 0.611. The van der Waals surface area contributed by atoms with Gasteiger partial charge in [-0.05, 0) is 25.8 Å². The molecular formula is C14H19NO5. The van der Waals surface area contributed by atoms with E-state index in [9.17, 15) is 10.1 Å². The van der Waals surface area contributed by atoms with Gasteiger partial charge in [0.1, 0.15) is 6.61 Å². The third-order valence-corrected chi connectivity index (χ3v) is 3.20. The molecule has 1 fully saturated rings. The van der Waals surface area contributed by atoms with Crippen LogP contribution in [-0.4, -0.2) is 37.5 Å². The molecule has 0 aromatic heterocycles. The lowest BCUT2D eigenvalue weighted by atomic mass is 10.2. The average Bonchev–Trinajstić information content (AvgIpc) is 2.91. The van der Waals surface area contributed by atoms with Gasteiger partial charge >= 0.3 is 5.69 Å². The van der Waals surface area contributed by atoms with Crippen molar-refractivity contribution in [3.8, 4) is 5.75 Å². The SMILES string of the molecule is Cc1cccc(OCCOCC2CCCO2)c1[N+](=O)[O-]. The maximum atomic E-state index is 11.0. The summed E-state index contributed by atoms with van der Waals surface area (Å²) in [7, 11) is 0. The lowest BCUT2D eigenvalue weighted by Gasteiger charge is -2.11. The predicted molar refractivity (Wildman–Crippen MR) is 73.1 cm³/mol. The Hall–Kier alpha value is -1.66. The third kappa shape index (κ3) is 3.91. The van der Waals surface area contributed by atoms with E-state index < -0.39 is 4.92 Å². The molecule has 1 aromatic rings. The molecule has 0 aliphatic carbocycles. The van der Waals surface area contributed by atoms with Gasteiger partial charge in [-0.25, -0.2) is 0 Å². The summed E-state index contributed by atoms with van der Waals surface area (Å²) in [4.78, 5) is 10.6. The van der Waals surface area contributed by atoms with Gasteiger partial charge in [-0.1, -0.05) is 12.1 Å². The molecule has 2 rings (SSSR count). The van der Waals surface area contributed by atoms with Crippen LogP contribution in [0.3, 0.4) is 0 Å². The number of nitro benzene ring substituents is 1. The first-order chi connectivity index (χ1) is 9.68. The van der Waals surface area contributed by atoms with Crippen LogP contribution in [0.5, 0.6) is 5.75 Å². The van der Waals surface area contributed by atoms with Gasteiger partial charge in [-0.3, -0.25) is 10.1 Å². The number of hydrogen-bond acceptors (Lipinski definition) is 5. The lowest BCUT2D eigenvalue weighted by Crippen LogP contribution is -2.17. The number of para-hydroxylation sites is 1. The van der Waals surface area contributed by atoms with Crippen molar-refractivity contribution in [1.82, 2.24) is 0 Å². The van der Waals surface area contributed by atoms with Crippen molar-refractivity contribution in [2.24, 2.45) is 0 Å². The van der Waals surface area contributed by atoms with Crippen molar-refractivity contribution >= 4 is 5.69 Å². The zero-order valence-corrected chi connectivity index (χ0v) is 11.5. The zero-order valence-electron chi connectivity index (χ0n) is 11.5. The van der Waals surface area contributed by atoms with Crippen molar-refractivity contribution in [3.63, 3.8) is 0 Å². The first kappa shape index (κ1) is 14.7. The van der Waals surface area contributed by atoms with Gasteiger partial charge in [0.25, 0.3) is 0 Å². The number of benzene rings is 1. The molecule has 1 aliphatic rings.